The van der Waals surface area contributed by atoms with E-state index < -0.39 is 0 Å². The van der Waals surface area contributed by atoms with Crippen LogP contribution in [0.3, 0.4) is 0 Å². The van der Waals surface area contributed by atoms with E-state index in [2.05, 4.69) is 38.0 Å². The van der Waals surface area contributed by atoms with Gasteiger partial charge in [-0.3, -0.25) is 24.2 Å². The minimum Gasteiger partial charge on any atom is -0.392 e. The zero-order valence-electron chi connectivity index (χ0n) is 29.1. The predicted octanol–water partition coefficient (Wildman–Crippen LogP) is 5.22. The molecule has 1 saturated heterocycles. The van der Waals surface area contributed by atoms with Crippen molar-refractivity contribution in [3.05, 3.63) is 94.5 Å². The molecule has 2 amide bonds. The van der Waals surface area contributed by atoms with Crippen LogP contribution in [0.5, 0.6) is 0 Å². The Hall–Kier alpha value is -4.88. The molecule has 8 rings (SSSR count). The molecule has 0 spiro atoms. The highest BCUT2D eigenvalue weighted by Gasteiger charge is 2.32. The van der Waals surface area contributed by atoms with Gasteiger partial charge in [0.15, 0.2) is 11.5 Å². The number of β-amino-alcohol motifs (C(OH)–C–C–N with tert-alkyl or cyclic N) is 1. The minimum absolute atomic E-state index is 0.0504. The third kappa shape index (κ3) is 6.86. The van der Waals surface area contributed by atoms with Gasteiger partial charge in [-0.05, 0) is 72.7 Å². The fourth-order valence-electron chi connectivity index (χ4n) is 7.78. The van der Waals surface area contributed by atoms with Gasteiger partial charge in [0.1, 0.15) is 5.52 Å². The van der Waals surface area contributed by atoms with E-state index in [0.29, 0.717) is 54.8 Å². The molecule has 3 aliphatic heterocycles. The number of rotatable bonds is 10. The van der Waals surface area contributed by atoms with E-state index in [1.807, 2.05) is 58.2 Å². The number of amides is 2. The van der Waals surface area contributed by atoms with Crippen LogP contribution in [0.4, 0.5) is 17.2 Å². The van der Waals surface area contributed by atoms with Crippen LogP contribution in [0, 0.1) is 0 Å². The average molecular weight is 720 g/mol. The molecule has 1 fully saturated rings. The Morgan fingerprint density at radius 3 is 2.71 bits per heavy atom. The molecule has 268 valence electrons. The fourth-order valence-corrected chi connectivity index (χ4v) is 8.05. The number of fused-ring (bicyclic) bond motifs is 3. The standard InChI is InChI=1S/C39H42ClN9O3/c1-24(50)41-14-15-42-31-8-4-16-49-35(31)20-33(46-49)39(52)48-18-12-29-28(5-3-9-34(29)48)30-6-2-7-32(36(30)40)45-38-37-26(10-13-43-38)19-25(21-44-37)22-47-17-11-27(51)23-47/h2-3,5-7,9-10,13,19-21,27,31,42,51H,4,8,11-12,14-18,22-23H2,1H3,(H,41,50)(H,43,45)/t27-,31?/m1/s1. The molecule has 0 saturated carbocycles. The number of aliphatic hydroxyl groups is 1. The molecule has 3 aromatic heterocycles. The predicted molar refractivity (Wildman–Crippen MR) is 202 cm³/mol. The van der Waals surface area contributed by atoms with Gasteiger partial charge in [0.25, 0.3) is 5.91 Å². The molecule has 3 aliphatic rings. The Bertz CT molecular complexity index is 2150. The smallest absolute Gasteiger partial charge is 0.278 e. The van der Waals surface area contributed by atoms with E-state index >= 15 is 0 Å². The Morgan fingerprint density at radius 1 is 1.00 bits per heavy atom. The van der Waals surface area contributed by atoms with Crippen molar-refractivity contribution in [3.8, 4) is 11.1 Å². The zero-order chi connectivity index (χ0) is 35.8. The monoisotopic (exact) mass is 719 g/mol. The van der Waals surface area contributed by atoms with Crippen LogP contribution in [-0.2, 0) is 24.3 Å². The Kier molecular flexibility index (Phi) is 9.63. The lowest BCUT2D eigenvalue weighted by Crippen LogP contribution is -2.34. The van der Waals surface area contributed by atoms with Crippen molar-refractivity contribution in [3.63, 3.8) is 0 Å². The van der Waals surface area contributed by atoms with E-state index in [1.54, 1.807) is 6.20 Å². The lowest BCUT2D eigenvalue weighted by atomic mass is 9.97. The summed E-state index contributed by atoms with van der Waals surface area (Å²) in [6.45, 7) is 6.33. The molecule has 0 bridgehead atoms. The minimum atomic E-state index is -0.258. The number of aromatic nitrogens is 4. The lowest BCUT2D eigenvalue weighted by Gasteiger charge is -2.24. The highest BCUT2D eigenvalue weighted by Crippen LogP contribution is 2.42. The number of anilines is 3. The number of benzene rings is 2. The molecule has 52 heavy (non-hydrogen) atoms. The van der Waals surface area contributed by atoms with Crippen LogP contribution in [-0.4, -0.2) is 80.4 Å². The first-order valence-electron chi connectivity index (χ1n) is 18.0. The third-order valence-electron chi connectivity index (χ3n) is 10.3. The number of carbonyl (C=O) groups is 2. The molecule has 4 N–H and O–H groups in total. The molecule has 2 aromatic carbocycles. The van der Waals surface area contributed by atoms with E-state index in [-0.39, 0.29) is 24.0 Å². The van der Waals surface area contributed by atoms with E-state index in [0.717, 1.165) is 83.4 Å². The van der Waals surface area contributed by atoms with Gasteiger partial charge in [-0.2, -0.15) is 5.10 Å². The highest BCUT2D eigenvalue weighted by atomic mass is 35.5. The Morgan fingerprint density at radius 2 is 1.87 bits per heavy atom. The zero-order valence-corrected chi connectivity index (χ0v) is 29.9. The molecule has 2 atom stereocenters. The van der Waals surface area contributed by atoms with Crippen molar-refractivity contribution < 1.29 is 14.7 Å². The van der Waals surface area contributed by atoms with Gasteiger partial charge in [0, 0.05) is 87.8 Å². The first-order valence-corrected chi connectivity index (χ1v) is 18.4. The Balaban J connectivity index is 1.01. The molecule has 12 nitrogen and oxygen atoms in total. The quantitative estimate of drug-likeness (QED) is 0.143. The van der Waals surface area contributed by atoms with Crippen molar-refractivity contribution in [2.45, 2.75) is 57.8 Å². The maximum absolute atomic E-state index is 14.0. The van der Waals surface area contributed by atoms with Crippen molar-refractivity contribution in [1.29, 1.82) is 0 Å². The topological polar surface area (TPSA) is 141 Å². The number of halogens is 1. The lowest BCUT2D eigenvalue weighted by molar-refractivity contribution is -0.118. The molecule has 1 unspecified atom stereocenters. The average Bonchev–Trinajstić information content (AvgIpc) is 3.89. The second-order valence-electron chi connectivity index (χ2n) is 13.9. The second-order valence-corrected chi connectivity index (χ2v) is 14.2. The summed E-state index contributed by atoms with van der Waals surface area (Å²) in [6.07, 6.45) is 6.79. The number of likely N-dealkylation sites (tertiary alicyclic amines) is 1. The van der Waals surface area contributed by atoms with E-state index in [9.17, 15) is 14.7 Å². The van der Waals surface area contributed by atoms with Crippen LogP contribution in [0.1, 0.15) is 59.5 Å². The molecule has 6 heterocycles. The van der Waals surface area contributed by atoms with Gasteiger partial charge in [0.05, 0.1) is 22.5 Å². The van der Waals surface area contributed by atoms with Crippen LogP contribution < -0.4 is 20.9 Å². The van der Waals surface area contributed by atoms with Gasteiger partial charge < -0.3 is 26.0 Å². The number of hydrogen-bond donors (Lipinski definition) is 4. The van der Waals surface area contributed by atoms with E-state index in [4.69, 9.17) is 21.7 Å². The number of aliphatic hydroxyl groups excluding tert-OH is 1. The van der Waals surface area contributed by atoms with Gasteiger partial charge in [0.2, 0.25) is 5.91 Å². The molecular weight excluding hydrogens is 678 g/mol. The largest absolute Gasteiger partial charge is 0.392 e. The number of pyridine rings is 2. The summed E-state index contributed by atoms with van der Waals surface area (Å²) >= 11 is 7.15. The van der Waals surface area contributed by atoms with Crippen LogP contribution in [0.15, 0.2) is 67.0 Å². The summed E-state index contributed by atoms with van der Waals surface area (Å²) in [4.78, 5) is 38.7. The summed E-state index contributed by atoms with van der Waals surface area (Å²) in [7, 11) is 0. The SMILES string of the molecule is CC(=O)NCCNC1CCCn2nc(C(=O)N3CCc4c(-c5cccc(Nc6nccc7cc(CN8CC[C@@H](O)C8)cnc67)c5Cl)cccc43)cc21. The van der Waals surface area contributed by atoms with Gasteiger partial charge in [-0.1, -0.05) is 35.9 Å². The van der Waals surface area contributed by atoms with Gasteiger partial charge in [-0.25, -0.2) is 4.98 Å². The number of aryl methyl sites for hydroxylation is 1. The number of nitrogens with zero attached hydrogens (tertiary/aromatic N) is 6. The number of carbonyl (C=O) groups excluding carboxylic acids is 2. The highest BCUT2D eigenvalue weighted by molar-refractivity contribution is 6.36. The maximum atomic E-state index is 14.0. The normalized spacial score (nSPS) is 18.4. The van der Waals surface area contributed by atoms with Crippen LogP contribution >= 0.6 is 11.6 Å². The second kappa shape index (κ2) is 14.6. The summed E-state index contributed by atoms with van der Waals surface area (Å²) in [5.41, 5.74) is 7.77. The Labute approximate surface area is 307 Å². The van der Waals surface area contributed by atoms with Crippen LogP contribution in [0.2, 0.25) is 5.02 Å². The molecule has 0 aliphatic carbocycles. The summed E-state index contributed by atoms with van der Waals surface area (Å²) in [6, 6.07) is 18.0. The fraction of sp³-hybridized carbons (Fsp3) is 0.359. The summed E-state index contributed by atoms with van der Waals surface area (Å²) in [5, 5.41) is 26.0. The third-order valence-corrected chi connectivity index (χ3v) is 10.7. The molecule has 13 heteroatoms. The number of nitrogens with one attached hydrogen (secondary N) is 3. The van der Waals surface area contributed by atoms with Crippen molar-refractivity contribution >= 4 is 51.5 Å². The van der Waals surface area contributed by atoms with Crippen molar-refractivity contribution in [2.75, 3.05) is 42.9 Å². The summed E-state index contributed by atoms with van der Waals surface area (Å²) in [5.74, 6) is 0.445. The van der Waals surface area contributed by atoms with Crippen LogP contribution in [0.25, 0.3) is 22.0 Å². The van der Waals surface area contributed by atoms with Gasteiger partial charge in [-0.15, -0.1) is 0 Å². The summed E-state index contributed by atoms with van der Waals surface area (Å²) < 4.78 is 1.94. The number of hydrogen-bond acceptors (Lipinski definition) is 9. The van der Waals surface area contributed by atoms with Crippen molar-refractivity contribution in [1.82, 2.24) is 35.3 Å². The first kappa shape index (κ1) is 34.2. The first-order chi connectivity index (χ1) is 25.3. The molecular formula is C39H42ClN9O3. The van der Waals surface area contributed by atoms with E-state index in [1.165, 1.54) is 6.92 Å². The van der Waals surface area contributed by atoms with Gasteiger partial charge >= 0.3 is 0 Å². The van der Waals surface area contributed by atoms with Crippen molar-refractivity contribution in [2.24, 2.45) is 0 Å². The maximum Gasteiger partial charge on any atom is 0.278 e. The molecule has 0 radical (unpaired) electrons. The molecule has 5 aromatic rings.